The highest BCUT2D eigenvalue weighted by molar-refractivity contribution is 14.1. The van der Waals surface area contributed by atoms with Gasteiger partial charge in [0.1, 0.15) is 0 Å². The van der Waals surface area contributed by atoms with Gasteiger partial charge in [0.2, 0.25) is 0 Å². The number of hydrogen-bond acceptors (Lipinski definition) is 3. The fourth-order valence-electron chi connectivity index (χ4n) is 1.30. The van der Waals surface area contributed by atoms with Crippen molar-refractivity contribution in [1.29, 1.82) is 0 Å². The summed E-state index contributed by atoms with van der Waals surface area (Å²) in [5.74, 6) is -0.876. The standard InChI is InChI=1S/C8H11IO3/c1-7-4-10-8(2-3-9,11-5-7)12-6-7/h2-3H,4-6H2,1H3/b3-2+. The van der Waals surface area contributed by atoms with Gasteiger partial charge in [0.15, 0.2) is 0 Å². The van der Waals surface area contributed by atoms with Gasteiger partial charge in [0, 0.05) is 11.5 Å². The molecule has 0 N–H and O–H groups in total. The van der Waals surface area contributed by atoms with Crippen LogP contribution in [0.15, 0.2) is 10.2 Å². The minimum Gasteiger partial charge on any atom is -0.323 e. The minimum atomic E-state index is -0.876. The second kappa shape index (κ2) is 2.94. The van der Waals surface area contributed by atoms with Crippen molar-refractivity contribution in [2.45, 2.75) is 12.9 Å². The Bertz CT molecular complexity index is 190. The Labute approximate surface area is 85.2 Å². The van der Waals surface area contributed by atoms with E-state index in [-0.39, 0.29) is 5.41 Å². The fourth-order valence-corrected chi connectivity index (χ4v) is 1.74. The third-order valence-corrected chi connectivity index (χ3v) is 2.49. The summed E-state index contributed by atoms with van der Waals surface area (Å²) < 4.78 is 18.3. The second-order valence-electron chi connectivity index (χ2n) is 3.57. The Hall–Kier alpha value is 0.350. The highest BCUT2D eigenvalue weighted by Crippen LogP contribution is 2.38. The Balaban J connectivity index is 2.14. The third-order valence-electron chi connectivity index (χ3n) is 2.13. The van der Waals surface area contributed by atoms with Gasteiger partial charge in [-0.15, -0.1) is 0 Å². The molecule has 0 aliphatic carbocycles. The van der Waals surface area contributed by atoms with Gasteiger partial charge in [0.05, 0.1) is 19.8 Å². The normalized spacial score (nSPS) is 47.2. The molecule has 3 saturated heterocycles. The summed E-state index contributed by atoms with van der Waals surface area (Å²) >= 11 is 2.12. The van der Waals surface area contributed by atoms with Gasteiger partial charge >= 0.3 is 5.97 Å². The van der Waals surface area contributed by atoms with E-state index < -0.39 is 5.97 Å². The van der Waals surface area contributed by atoms with Crippen molar-refractivity contribution in [3.8, 4) is 0 Å². The number of halogens is 1. The average Bonchev–Trinajstić information content (AvgIpc) is 2.08. The van der Waals surface area contributed by atoms with Crippen LogP contribution >= 0.6 is 22.6 Å². The zero-order valence-electron chi connectivity index (χ0n) is 6.88. The Morgan fingerprint density at radius 3 is 2.08 bits per heavy atom. The molecule has 4 heteroatoms. The summed E-state index contributed by atoms with van der Waals surface area (Å²) in [6, 6.07) is 0. The monoisotopic (exact) mass is 282 g/mol. The molecule has 0 aromatic heterocycles. The molecule has 0 radical (unpaired) electrons. The molecule has 2 bridgehead atoms. The van der Waals surface area contributed by atoms with Gasteiger partial charge < -0.3 is 14.2 Å². The molecule has 0 aromatic carbocycles. The molecule has 3 aliphatic heterocycles. The first kappa shape index (κ1) is 8.93. The predicted octanol–water partition coefficient (Wildman–Crippen LogP) is 1.67. The number of fused-ring (bicyclic) bond motifs is 3. The quantitative estimate of drug-likeness (QED) is 0.685. The van der Waals surface area contributed by atoms with Crippen LogP contribution in [0, 0.1) is 5.41 Å². The summed E-state index contributed by atoms with van der Waals surface area (Å²) in [6.45, 7) is 4.25. The summed E-state index contributed by atoms with van der Waals surface area (Å²) in [5, 5.41) is 0. The Morgan fingerprint density at radius 1 is 1.17 bits per heavy atom. The van der Waals surface area contributed by atoms with Crippen LogP contribution < -0.4 is 0 Å². The number of rotatable bonds is 1. The number of ether oxygens (including phenoxy) is 3. The average molecular weight is 282 g/mol. The molecule has 0 atom stereocenters. The van der Waals surface area contributed by atoms with Crippen molar-refractivity contribution in [1.82, 2.24) is 0 Å². The van der Waals surface area contributed by atoms with Crippen LogP contribution in [-0.2, 0) is 14.2 Å². The van der Waals surface area contributed by atoms with Crippen LogP contribution in [-0.4, -0.2) is 25.8 Å². The lowest BCUT2D eigenvalue weighted by atomic mass is 9.92. The van der Waals surface area contributed by atoms with Gasteiger partial charge in [-0.25, -0.2) is 0 Å². The van der Waals surface area contributed by atoms with Gasteiger partial charge in [-0.3, -0.25) is 0 Å². The van der Waals surface area contributed by atoms with Crippen molar-refractivity contribution in [2.24, 2.45) is 5.41 Å². The van der Waals surface area contributed by atoms with Crippen LogP contribution in [0.1, 0.15) is 6.92 Å². The van der Waals surface area contributed by atoms with Crippen molar-refractivity contribution in [3.63, 3.8) is 0 Å². The van der Waals surface area contributed by atoms with Gasteiger partial charge in [-0.2, -0.15) is 0 Å². The lowest BCUT2D eigenvalue weighted by Gasteiger charge is -2.48. The summed E-state index contributed by atoms with van der Waals surface area (Å²) in [6.07, 6.45) is 1.80. The molecule has 0 amide bonds. The van der Waals surface area contributed by atoms with Gasteiger partial charge in [-0.05, 0) is 4.08 Å². The summed E-state index contributed by atoms with van der Waals surface area (Å²) in [7, 11) is 0. The van der Waals surface area contributed by atoms with E-state index in [9.17, 15) is 0 Å². The zero-order valence-corrected chi connectivity index (χ0v) is 9.04. The van der Waals surface area contributed by atoms with Crippen LogP contribution in [0.5, 0.6) is 0 Å². The molecule has 3 rings (SSSR count). The highest BCUT2D eigenvalue weighted by Gasteiger charge is 2.48. The lowest BCUT2D eigenvalue weighted by Crippen LogP contribution is -2.57. The molecule has 3 nitrogen and oxygen atoms in total. The molecule has 0 spiro atoms. The van der Waals surface area contributed by atoms with E-state index in [1.54, 1.807) is 6.08 Å². The maximum atomic E-state index is 5.47. The lowest BCUT2D eigenvalue weighted by molar-refractivity contribution is -0.441. The van der Waals surface area contributed by atoms with E-state index in [4.69, 9.17) is 14.2 Å². The Kier molecular flexibility index (Phi) is 2.18. The molecule has 68 valence electrons. The molecule has 0 saturated carbocycles. The first-order valence-corrected chi connectivity index (χ1v) is 5.12. The molecule has 0 aromatic rings. The van der Waals surface area contributed by atoms with E-state index in [1.165, 1.54) is 0 Å². The van der Waals surface area contributed by atoms with Crippen LogP contribution in [0.25, 0.3) is 0 Å². The van der Waals surface area contributed by atoms with Crippen LogP contribution in [0.2, 0.25) is 0 Å². The van der Waals surface area contributed by atoms with Crippen molar-refractivity contribution in [2.75, 3.05) is 19.8 Å². The molecular weight excluding hydrogens is 271 g/mol. The van der Waals surface area contributed by atoms with Crippen molar-refractivity contribution in [3.05, 3.63) is 10.2 Å². The smallest absolute Gasteiger partial charge is 0.305 e. The van der Waals surface area contributed by atoms with Gasteiger partial charge in [0.25, 0.3) is 0 Å². The van der Waals surface area contributed by atoms with Crippen molar-refractivity contribution < 1.29 is 14.2 Å². The first-order valence-electron chi connectivity index (χ1n) is 3.88. The van der Waals surface area contributed by atoms with Crippen molar-refractivity contribution >= 4 is 22.6 Å². The largest absolute Gasteiger partial charge is 0.323 e. The summed E-state index contributed by atoms with van der Waals surface area (Å²) in [5.41, 5.74) is 0.0564. The molecular formula is C8H11IO3. The molecule has 3 aliphatic rings. The molecule has 3 heterocycles. The Morgan fingerprint density at radius 2 is 1.67 bits per heavy atom. The third kappa shape index (κ3) is 1.41. The van der Waals surface area contributed by atoms with E-state index in [0.29, 0.717) is 19.8 Å². The van der Waals surface area contributed by atoms with E-state index in [2.05, 4.69) is 29.5 Å². The fraction of sp³-hybridized carbons (Fsp3) is 0.750. The maximum Gasteiger partial charge on any atom is 0.305 e. The maximum absolute atomic E-state index is 5.47. The number of hydrogen-bond donors (Lipinski definition) is 0. The zero-order chi connectivity index (χ0) is 8.66. The highest BCUT2D eigenvalue weighted by atomic mass is 127. The molecule has 12 heavy (non-hydrogen) atoms. The first-order chi connectivity index (χ1) is 5.68. The molecule has 0 unspecified atom stereocenters. The summed E-state index contributed by atoms with van der Waals surface area (Å²) in [4.78, 5) is 0. The van der Waals surface area contributed by atoms with Crippen LogP contribution in [0.3, 0.4) is 0 Å². The van der Waals surface area contributed by atoms with E-state index in [0.717, 1.165) is 0 Å². The van der Waals surface area contributed by atoms with E-state index in [1.807, 2.05) is 4.08 Å². The molecule has 3 fully saturated rings. The van der Waals surface area contributed by atoms with E-state index >= 15 is 0 Å². The topological polar surface area (TPSA) is 27.7 Å². The SMILES string of the molecule is CC12COC(/C=C/I)(OC1)OC2. The second-order valence-corrected chi connectivity index (χ2v) is 4.29. The minimum absolute atomic E-state index is 0.0564. The van der Waals surface area contributed by atoms with Gasteiger partial charge in [-0.1, -0.05) is 29.5 Å². The predicted molar refractivity (Wildman–Crippen MR) is 51.9 cm³/mol. The van der Waals surface area contributed by atoms with Crippen LogP contribution in [0.4, 0.5) is 0 Å².